The largest absolute Gasteiger partial charge is 0.340 e. The second kappa shape index (κ2) is 8.31. The Kier molecular flexibility index (Phi) is 5.66. The summed E-state index contributed by atoms with van der Waals surface area (Å²) in [5, 5.41) is 9.30. The summed E-state index contributed by atoms with van der Waals surface area (Å²) in [5.41, 5.74) is 3.76. The van der Waals surface area contributed by atoms with E-state index in [1.54, 1.807) is 12.3 Å². The molecule has 0 aliphatic rings. The molecule has 0 aliphatic carbocycles. The summed E-state index contributed by atoms with van der Waals surface area (Å²) in [4.78, 5) is 20.1. The maximum absolute atomic E-state index is 11.2. The molecule has 3 aromatic rings. The molecule has 1 heterocycles. The Balaban J connectivity index is 1.78. The molecule has 6 heteroatoms. The zero-order valence-corrected chi connectivity index (χ0v) is 15.7. The van der Waals surface area contributed by atoms with Gasteiger partial charge in [0.05, 0.1) is 0 Å². The van der Waals surface area contributed by atoms with Crippen molar-refractivity contribution in [2.75, 3.05) is 16.0 Å². The number of carbonyl (C=O) groups is 1. The van der Waals surface area contributed by atoms with Crippen LogP contribution in [0, 0.1) is 0 Å². The van der Waals surface area contributed by atoms with Crippen molar-refractivity contribution in [3.8, 4) is 0 Å². The maximum atomic E-state index is 11.2. The molecule has 0 spiro atoms. The van der Waals surface area contributed by atoms with E-state index in [9.17, 15) is 4.79 Å². The summed E-state index contributed by atoms with van der Waals surface area (Å²) < 4.78 is 0. The van der Waals surface area contributed by atoms with Gasteiger partial charge in [0.2, 0.25) is 11.9 Å². The first-order chi connectivity index (χ1) is 13.0. The highest BCUT2D eigenvalue weighted by molar-refractivity contribution is 5.89. The third kappa shape index (κ3) is 5.04. The summed E-state index contributed by atoms with van der Waals surface area (Å²) in [6.45, 7) is 5.79. The molecule has 1 amide bonds. The third-order valence-corrected chi connectivity index (χ3v) is 3.94. The number of nitrogens with one attached hydrogen (secondary N) is 3. The highest BCUT2D eigenvalue weighted by Gasteiger charge is 2.08. The molecule has 0 aliphatic heterocycles. The van der Waals surface area contributed by atoms with Gasteiger partial charge in [0.1, 0.15) is 5.82 Å². The number of rotatable bonds is 6. The number of anilines is 5. The first kappa shape index (κ1) is 18.4. The van der Waals surface area contributed by atoms with Crippen LogP contribution in [0.5, 0.6) is 0 Å². The van der Waals surface area contributed by atoms with Gasteiger partial charge in [-0.1, -0.05) is 38.1 Å². The van der Waals surface area contributed by atoms with Gasteiger partial charge in [0.25, 0.3) is 0 Å². The van der Waals surface area contributed by atoms with E-state index in [4.69, 9.17) is 0 Å². The smallest absolute Gasteiger partial charge is 0.229 e. The van der Waals surface area contributed by atoms with Gasteiger partial charge < -0.3 is 16.0 Å². The summed E-state index contributed by atoms with van der Waals surface area (Å²) >= 11 is 0. The molecule has 0 bridgehead atoms. The van der Waals surface area contributed by atoms with E-state index in [1.807, 2.05) is 42.5 Å². The lowest BCUT2D eigenvalue weighted by Crippen LogP contribution is -2.06. The Morgan fingerprint density at radius 1 is 0.963 bits per heavy atom. The van der Waals surface area contributed by atoms with Crippen molar-refractivity contribution in [1.29, 1.82) is 0 Å². The third-order valence-electron chi connectivity index (χ3n) is 3.94. The molecule has 27 heavy (non-hydrogen) atoms. The molecule has 0 unspecified atom stereocenters. The van der Waals surface area contributed by atoms with Gasteiger partial charge in [-0.05, 0) is 41.8 Å². The lowest BCUT2D eigenvalue weighted by atomic mass is 10.0. The van der Waals surface area contributed by atoms with Gasteiger partial charge >= 0.3 is 0 Å². The predicted molar refractivity (Wildman–Crippen MR) is 110 cm³/mol. The number of para-hydroxylation sites is 1. The molecular weight excluding hydrogens is 338 g/mol. The summed E-state index contributed by atoms with van der Waals surface area (Å²) in [5.74, 6) is 1.47. The van der Waals surface area contributed by atoms with Crippen LogP contribution in [0.15, 0.2) is 60.8 Å². The van der Waals surface area contributed by atoms with E-state index in [1.165, 1.54) is 12.5 Å². The fourth-order valence-electron chi connectivity index (χ4n) is 2.75. The minimum atomic E-state index is -0.107. The molecule has 2 aromatic carbocycles. The second-order valence-electron chi connectivity index (χ2n) is 6.52. The fourth-order valence-corrected chi connectivity index (χ4v) is 2.75. The van der Waals surface area contributed by atoms with Crippen molar-refractivity contribution >= 4 is 34.7 Å². The van der Waals surface area contributed by atoms with E-state index < -0.39 is 0 Å². The Bertz CT molecular complexity index is 939. The number of aromatic nitrogens is 2. The number of hydrogen-bond donors (Lipinski definition) is 3. The van der Waals surface area contributed by atoms with Crippen LogP contribution >= 0.6 is 0 Å². The minimum absolute atomic E-state index is 0.107. The van der Waals surface area contributed by atoms with Crippen molar-refractivity contribution in [3.05, 3.63) is 66.4 Å². The van der Waals surface area contributed by atoms with Crippen LogP contribution in [0.25, 0.3) is 0 Å². The molecule has 0 fully saturated rings. The lowest BCUT2D eigenvalue weighted by molar-refractivity contribution is -0.114. The Morgan fingerprint density at radius 3 is 2.52 bits per heavy atom. The average molecular weight is 361 g/mol. The lowest BCUT2D eigenvalue weighted by Gasteiger charge is -2.14. The van der Waals surface area contributed by atoms with Crippen molar-refractivity contribution in [2.45, 2.75) is 26.7 Å². The number of nitrogens with zero attached hydrogens (tertiary/aromatic N) is 2. The van der Waals surface area contributed by atoms with Gasteiger partial charge in [0, 0.05) is 30.2 Å². The van der Waals surface area contributed by atoms with Crippen molar-refractivity contribution in [1.82, 2.24) is 9.97 Å². The molecule has 0 atom stereocenters. The minimum Gasteiger partial charge on any atom is -0.340 e. The van der Waals surface area contributed by atoms with E-state index in [-0.39, 0.29) is 5.91 Å². The first-order valence-electron chi connectivity index (χ1n) is 8.85. The van der Waals surface area contributed by atoms with Crippen molar-refractivity contribution in [2.24, 2.45) is 0 Å². The van der Waals surface area contributed by atoms with Gasteiger partial charge in [-0.15, -0.1) is 0 Å². The molecule has 138 valence electrons. The number of benzene rings is 2. The highest BCUT2D eigenvalue weighted by atomic mass is 16.1. The second-order valence-corrected chi connectivity index (χ2v) is 6.52. The normalized spacial score (nSPS) is 10.5. The predicted octanol–water partition coefficient (Wildman–Crippen LogP) is 5.05. The van der Waals surface area contributed by atoms with Gasteiger partial charge in [-0.2, -0.15) is 4.98 Å². The zero-order valence-electron chi connectivity index (χ0n) is 15.7. The van der Waals surface area contributed by atoms with E-state index in [0.29, 0.717) is 17.7 Å². The summed E-state index contributed by atoms with van der Waals surface area (Å²) in [6, 6.07) is 17.4. The first-order valence-corrected chi connectivity index (χ1v) is 8.85. The molecular formula is C21H23N5O. The molecule has 0 saturated heterocycles. The molecule has 0 saturated carbocycles. The number of hydrogen-bond acceptors (Lipinski definition) is 5. The Labute approximate surface area is 159 Å². The van der Waals surface area contributed by atoms with Crippen molar-refractivity contribution in [3.63, 3.8) is 0 Å². The summed E-state index contributed by atoms with van der Waals surface area (Å²) in [7, 11) is 0. The SMILES string of the molecule is CC(=O)Nc1cccc(Nc2ccnc(Nc3ccccc3C(C)C)n2)c1. The van der Waals surface area contributed by atoms with Crippen LogP contribution < -0.4 is 16.0 Å². The molecule has 1 aromatic heterocycles. The van der Waals surface area contributed by atoms with Gasteiger partial charge in [-0.25, -0.2) is 4.98 Å². The Hall–Kier alpha value is -3.41. The summed E-state index contributed by atoms with van der Waals surface area (Å²) in [6.07, 6.45) is 1.70. The number of amides is 1. The Morgan fingerprint density at radius 2 is 1.74 bits per heavy atom. The van der Waals surface area contributed by atoms with Crippen LogP contribution in [0.1, 0.15) is 32.3 Å². The number of carbonyl (C=O) groups excluding carboxylic acids is 1. The maximum Gasteiger partial charge on any atom is 0.229 e. The van der Waals surface area contributed by atoms with Crippen molar-refractivity contribution < 1.29 is 4.79 Å². The monoisotopic (exact) mass is 361 g/mol. The molecule has 6 nitrogen and oxygen atoms in total. The van der Waals surface area contributed by atoms with Gasteiger partial charge in [-0.3, -0.25) is 4.79 Å². The van der Waals surface area contributed by atoms with Crippen LogP contribution in [0.2, 0.25) is 0 Å². The molecule has 0 radical (unpaired) electrons. The van der Waals surface area contributed by atoms with Crippen LogP contribution in [0.3, 0.4) is 0 Å². The highest BCUT2D eigenvalue weighted by Crippen LogP contribution is 2.26. The molecule has 3 rings (SSSR count). The quantitative estimate of drug-likeness (QED) is 0.573. The van der Waals surface area contributed by atoms with E-state index in [0.717, 1.165) is 17.1 Å². The average Bonchev–Trinajstić information content (AvgIpc) is 2.62. The fraction of sp³-hybridized carbons (Fsp3) is 0.190. The standard InChI is InChI=1S/C21H23N5O/c1-14(2)18-9-4-5-10-19(18)25-21-22-12-11-20(26-21)24-17-8-6-7-16(13-17)23-15(3)27/h4-14H,1-3H3,(H,23,27)(H2,22,24,25,26). The van der Waals surface area contributed by atoms with E-state index >= 15 is 0 Å². The van der Waals surface area contributed by atoms with Crippen LogP contribution in [-0.2, 0) is 4.79 Å². The molecule has 3 N–H and O–H groups in total. The van der Waals surface area contributed by atoms with Crippen LogP contribution in [0.4, 0.5) is 28.8 Å². The van der Waals surface area contributed by atoms with Crippen LogP contribution in [-0.4, -0.2) is 15.9 Å². The van der Waals surface area contributed by atoms with E-state index in [2.05, 4.69) is 45.8 Å². The van der Waals surface area contributed by atoms with Gasteiger partial charge in [0.15, 0.2) is 0 Å². The topological polar surface area (TPSA) is 78.9 Å². The zero-order chi connectivity index (χ0) is 19.2.